The molecule has 1 rings (SSSR count). The number of nitrogens with zero attached hydrogens (tertiary/aromatic N) is 1. The summed E-state index contributed by atoms with van der Waals surface area (Å²) in [5, 5.41) is 0. The van der Waals surface area contributed by atoms with Crippen LogP contribution < -0.4 is 0 Å². The van der Waals surface area contributed by atoms with Crippen LogP contribution in [-0.2, 0) is 23.5 Å². The van der Waals surface area contributed by atoms with E-state index in [1.165, 1.54) is 0 Å². The van der Waals surface area contributed by atoms with Gasteiger partial charge in [-0.15, -0.1) is 6.42 Å². The van der Waals surface area contributed by atoms with E-state index < -0.39 is 0 Å². The first-order valence-corrected chi connectivity index (χ1v) is 2.62. The van der Waals surface area contributed by atoms with Gasteiger partial charge in [-0.05, 0) is 12.1 Å². The number of aromatic nitrogens is 1. The first-order chi connectivity index (χ1) is 3.93. The van der Waals surface area contributed by atoms with Crippen molar-refractivity contribution >= 4 is 0 Å². The molecule has 0 bridgehead atoms. The van der Waals surface area contributed by atoms with E-state index in [4.69, 9.17) is 0 Å². The van der Waals surface area contributed by atoms with E-state index in [0.29, 0.717) is 0 Å². The second-order valence-electron chi connectivity index (χ2n) is 1.57. The number of rotatable bonds is 1. The largest absolute Gasteiger partial charge is 0.338 e. The summed E-state index contributed by atoms with van der Waals surface area (Å²) >= 11 is 0. The zero-order chi connectivity index (χ0) is 5.82. The summed E-state index contributed by atoms with van der Waals surface area (Å²) in [4.78, 5) is 4.03. The molecular formula is C7H8MnN-. The van der Waals surface area contributed by atoms with Crippen molar-refractivity contribution in [3.05, 3.63) is 37.0 Å². The smallest absolute Gasteiger partial charge is 0.0269 e. The molecule has 1 aromatic rings. The molecule has 1 radical (unpaired) electrons. The fourth-order valence-electron chi connectivity index (χ4n) is 0.546. The van der Waals surface area contributed by atoms with Crippen LogP contribution in [-0.4, -0.2) is 4.98 Å². The van der Waals surface area contributed by atoms with Crippen LogP contribution in [0, 0.1) is 6.92 Å². The van der Waals surface area contributed by atoms with Crippen molar-refractivity contribution in [2.75, 3.05) is 0 Å². The van der Waals surface area contributed by atoms with Gasteiger partial charge in [0.1, 0.15) is 0 Å². The first kappa shape index (κ1) is 8.67. The second kappa shape index (κ2) is 4.54. The van der Waals surface area contributed by atoms with Gasteiger partial charge in [0.25, 0.3) is 0 Å². The number of hydrogen-bond acceptors (Lipinski definition) is 1. The molecule has 0 fully saturated rings. The van der Waals surface area contributed by atoms with Gasteiger partial charge in [-0.1, -0.05) is 6.07 Å². The summed E-state index contributed by atoms with van der Waals surface area (Å²) in [5.74, 6) is 0. The average molecular weight is 161 g/mol. The van der Waals surface area contributed by atoms with E-state index in [1.807, 2.05) is 18.2 Å². The predicted octanol–water partition coefficient (Wildman–Crippen LogP) is 1.46. The standard InChI is InChI=1S/C7H8N.Mn/c1-2-7-5-3-4-6-8-7;/h3-6H,1-2H2;/q-1;. The molecular weight excluding hydrogens is 153 g/mol. The average Bonchev–Trinajstić information content (AvgIpc) is 1.90. The molecule has 0 unspecified atom stereocenters. The molecule has 0 saturated heterocycles. The third-order valence-electron chi connectivity index (χ3n) is 0.982. The normalized spacial score (nSPS) is 8.11. The van der Waals surface area contributed by atoms with Gasteiger partial charge in [0, 0.05) is 29.0 Å². The molecule has 0 amide bonds. The summed E-state index contributed by atoms with van der Waals surface area (Å²) in [6.07, 6.45) is 2.56. The Balaban J connectivity index is 0.000000640. The first-order valence-electron chi connectivity index (χ1n) is 2.62. The number of hydrogen-bond donors (Lipinski definition) is 0. The molecule has 0 atom stereocenters. The van der Waals surface area contributed by atoms with Gasteiger partial charge in [-0.2, -0.15) is 0 Å². The SMILES string of the molecule is [CH2-]Cc1ccccn1.[Mn]. The quantitative estimate of drug-likeness (QED) is 0.448. The molecule has 0 saturated carbocycles. The summed E-state index contributed by atoms with van der Waals surface area (Å²) in [6.45, 7) is 3.69. The Morgan fingerprint density at radius 3 is 2.56 bits per heavy atom. The van der Waals surface area contributed by atoms with Gasteiger partial charge < -0.3 is 6.92 Å². The van der Waals surface area contributed by atoms with E-state index >= 15 is 0 Å². The minimum absolute atomic E-state index is 0. The monoisotopic (exact) mass is 161 g/mol. The molecule has 1 heterocycles. The molecule has 1 aromatic heterocycles. The zero-order valence-electron chi connectivity index (χ0n) is 5.05. The molecule has 0 N–H and O–H groups in total. The number of pyridine rings is 1. The van der Waals surface area contributed by atoms with E-state index in [-0.39, 0.29) is 17.1 Å². The Hall–Kier alpha value is -0.331. The van der Waals surface area contributed by atoms with Crippen LogP contribution in [0.1, 0.15) is 5.69 Å². The van der Waals surface area contributed by atoms with Crippen LogP contribution in [0.3, 0.4) is 0 Å². The summed E-state index contributed by atoms with van der Waals surface area (Å²) < 4.78 is 0. The Morgan fingerprint density at radius 2 is 2.22 bits per heavy atom. The molecule has 2 heteroatoms. The van der Waals surface area contributed by atoms with Crippen molar-refractivity contribution in [1.29, 1.82) is 0 Å². The van der Waals surface area contributed by atoms with Gasteiger partial charge in [-0.3, -0.25) is 4.98 Å². The van der Waals surface area contributed by atoms with Crippen molar-refractivity contribution < 1.29 is 17.1 Å². The van der Waals surface area contributed by atoms with E-state index in [9.17, 15) is 0 Å². The maximum atomic E-state index is 4.03. The van der Waals surface area contributed by atoms with Crippen molar-refractivity contribution in [2.45, 2.75) is 6.42 Å². The van der Waals surface area contributed by atoms with Gasteiger partial charge in [0.2, 0.25) is 0 Å². The molecule has 9 heavy (non-hydrogen) atoms. The van der Waals surface area contributed by atoms with Crippen molar-refractivity contribution in [3.8, 4) is 0 Å². The van der Waals surface area contributed by atoms with E-state index in [2.05, 4.69) is 11.9 Å². The molecule has 1 nitrogen and oxygen atoms in total. The predicted molar refractivity (Wildman–Crippen MR) is 33.3 cm³/mol. The summed E-state index contributed by atoms with van der Waals surface area (Å²) in [7, 11) is 0. The van der Waals surface area contributed by atoms with Crippen LogP contribution in [0.25, 0.3) is 0 Å². The molecule has 0 aromatic carbocycles. The minimum Gasteiger partial charge on any atom is -0.338 e. The van der Waals surface area contributed by atoms with Gasteiger partial charge in [0.05, 0.1) is 0 Å². The van der Waals surface area contributed by atoms with Crippen LogP contribution in [0.4, 0.5) is 0 Å². The van der Waals surface area contributed by atoms with Crippen LogP contribution in [0.15, 0.2) is 24.4 Å². The Kier molecular flexibility index (Phi) is 4.37. The third kappa shape index (κ3) is 2.64. The van der Waals surface area contributed by atoms with Crippen LogP contribution in [0.5, 0.6) is 0 Å². The second-order valence-corrected chi connectivity index (χ2v) is 1.57. The Labute approximate surface area is 66.0 Å². The fraction of sp³-hybridized carbons (Fsp3) is 0.143. The minimum atomic E-state index is 0. The van der Waals surface area contributed by atoms with E-state index in [0.717, 1.165) is 12.1 Å². The van der Waals surface area contributed by atoms with Crippen molar-refractivity contribution in [3.63, 3.8) is 0 Å². The van der Waals surface area contributed by atoms with Crippen molar-refractivity contribution in [2.24, 2.45) is 0 Å². The zero-order valence-corrected chi connectivity index (χ0v) is 6.23. The topological polar surface area (TPSA) is 12.9 Å². The molecule has 0 aliphatic carbocycles. The Morgan fingerprint density at radius 1 is 1.44 bits per heavy atom. The van der Waals surface area contributed by atoms with Gasteiger partial charge >= 0.3 is 0 Å². The summed E-state index contributed by atoms with van der Waals surface area (Å²) in [5.41, 5.74) is 1.05. The Bertz CT molecular complexity index is 150. The van der Waals surface area contributed by atoms with Gasteiger partial charge in [0.15, 0.2) is 0 Å². The van der Waals surface area contributed by atoms with Gasteiger partial charge in [-0.25, -0.2) is 0 Å². The molecule has 0 aliphatic heterocycles. The molecule has 0 aliphatic rings. The maximum absolute atomic E-state index is 4.03. The van der Waals surface area contributed by atoms with Crippen LogP contribution in [0.2, 0.25) is 0 Å². The molecule has 0 spiro atoms. The van der Waals surface area contributed by atoms with Crippen LogP contribution >= 0.6 is 0 Å². The van der Waals surface area contributed by atoms with Crippen molar-refractivity contribution in [1.82, 2.24) is 4.98 Å². The molecule has 49 valence electrons. The fourth-order valence-corrected chi connectivity index (χ4v) is 0.546. The van der Waals surface area contributed by atoms with E-state index in [1.54, 1.807) is 6.20 Å². The third-order valence-corrected chi connectivity index (χ3v) is 0.982. The summed E-state index contributed by atoms with van der Waals surface area (Å²) in [6, 6.07) is 5.83. The maximum Gasteiger partial charge on any atom is 0.0269 e.